The van der Waals surface area contributed by atoms with Gasteiger partial charge in [0, 0.05) is 49.8 Å². The zero-order valence-electron chi connectivity index (χ0n) is 41.8. The molecule has 0 amide bonds. The third-order valence-electron chi connectivity index (χ3n) is 13.8. The number of aromatic nitrogens is 8. The summed E-state index contributed by atoms with van der Waals surface area (Å²) in [5.41, 5.74) is -3.61. The molecule has 32 heteroatoms. The molecule has 0 aromatic carbocycles. The zero-order valence-corrected chi connectivity index (χ0v) is 41.8. The molecular formula is C44H58F8N10O14. The number of H-pyrrole nitrogens is 2. The van der Waals surface area contributed by atoms with Gasteiger partial charge in [0.2, 0.25) is 11.7 Å². The average Bonchev–Trinajstić information content (AvgIpc) is 3.82. The number of aliphatic hydroxyl groups excluding tert-OH is 4. The number of nitrogens with one attached hydrogen (secondary N) is 2. The SMILES string of the molecule is CC[C@@]1(F)O[C@@H](n2ccc(=O)[nH]c2=O)[C@](C)(F)[C@@H]1C.CC[C@@]1(F)O[C@@H](n2ccc(N)nc2=O)[C@](C)(F)[C@@H]1C.C[C@]1(F)[C@H](n2ccc(=O)[nH]c2=O)O[C@](F)(CO)[C@H]1O.C[C@]1(F)[C@H](n2ccc(N)nc2=O)O[C@](F)(CO)[C@H]1O. The third-order valence-corrected chi connectivity index (χ3v) is 13.8. The van der Waals surface area contributed by atoms with E-state index < -0.39 is 142 Å². The molecule has 8 rings (SSSR count). The van der Waals surface area contributed by atoms with Crippen LogP contribution in [0, 0.1) is 11.8 Å². The minimum absolute atomic E-state index is 0.00132. The lowest BCUT2D eigenvalue weighted by atomic mass is 9.87. The van der Waals surface area contributed by atoms with Crippen LogP contribution in [-0.4, -0.2) is 130 Å². The molecule has 4 fully saturated rings. The molecule has 424 valence electrons. The van der Waals surface area contributed by atoms with Crippen LogP contribution < -0.4 is 45.3 Å². The molecule has 4 aliphatic heterocycles. The van der Waals surface area contributed by atoms with Crippen molar-refractivity contribution < 1.29 is 74.5 Å². The fourth-order valence-electron chi connectivity index (χ4n) is 8.69. The van der Waals surface area contributed by atoms with Gasteiger partial charge in [-0.2, -0.15) is 9.97 Å². The smallest absolute Gasteiger partial charge is 0.351 e. The molecule has 0 spiro atoms. The van der Waals surface area contributed by atoms with Crippen molar-refractivity contribution in [2.75, 3.05) is 24.7 Å². The molecule has 16 atom stereocenters. The van der Waals surface area contributed by atoms with E-state index in [1.807, 2.05) is 9.97 Å². The van der Waals surface area contributed by atoms with Crippen LogP contribution >= 0.6 is 0 Å². The molecular weight excluding hydrogens is 1040 g/mol. The summed E-state index contributed by atoms with van der Waals surface area (Å²) in [6.07, 6.45) is -6.53. The number of aliphatic hydroxyl groups is 4. The lowest BCUT2D eigenvalue weighted by Gasteiger charge is -2.25. The van der Waals surface area contributed by atoms with Gasteiger partial charge in [0.05, 0.1) is 11.8 Å². The summed E-state index contributed by atoms with van der Waals surface area (Å²) >= 11 is 0. The Morgan fingerprint density at radius 1 is 0.513 bits per heavy atom. The van der Waals surface area contributed by atoms with Crippen molar-refractivity contribution in [1.82, 2.24) is 38.2 Å². The Bertz CT molecular complexity index is 2900. The van der Waals surface area contributed by atoms with Gasteiger partial charge in [0.15, 0.2) is 59.8 Å². The highest BCUT2D eigenvalue weighted by Crippen LogP contribution is 2.54. The van der Waals surface area contributed by atoms with Gasteiger partial charge in [-0.15, -0.1) is 0 Å². The maximum atomic E-state index is 14.7. The Balaban J connectivity index is 0.000000187. The van der Waals surface area contributed by atoms with Crippen molar-refractivity contribution in [2.45, 2.75) is 151 Å². The quantitative estimate of drug-likeness (QED) is 0.115. The van der Waals surface area contributed by atoms with Gasteiger partial charge in [-0.25, -0.2) is 54.3 Å². The molecule has 76 heavy (non-hydrogen) atoms. The molecule has 4 aromatic heterocycles. The standard InChI is InChI=1S/C12H17F2N3O2.C12H16F2N2O3.C10H13F2N3O4.C10H12F2N2O5/c1-4-12(14)7(2)11(3,13)9(19-12)17-6-5-8(15)16-10(17)18;1-4-12(14)7(2)11(3,13)9(19-12)16-6-5-8(17)15-10(16)18;1-9(11)6(17)10(12,4-16)19-7(9)15-3-2-5(13)14-8(15)18;1-9(11)6(17)10(12,4-15)19-7(9)14-3-2-5(16)13-8(14)18/h5-7,9H,4H2,1-3H3,(H2,15,16,18);5-7,9H,4H2,1-3H3,(H,15,17,18);2-3,6-7,16-17H,4H2,1H3,(H2,13,14,18);2-3,6-7,15,17H,4H2,1H3,(H,13,16,18)/t2*7-,9+,11+,12+;2*6-,7+,9+,10+/m0000/s1. The Morgan fingerprint density at radius 2 is 0.789 bits per heavy atom. The maximum Gasteiger partial charge on any atom is 0.351 e. The number of nitrogens with zero attached hydrogens (tertiary/aromatic N) is 6. The van der Waals surface area contributed by atoms with Gasteiger partial charge >= 0.3 is 22.8 Å². The minimum atomic E-state index is -3.02. The van der Waals surface area contributed by atoms with E-state index in [1.54, 1.807) is 13.8 Å². The van der Waals surface area contributed by atoms with Crippen molar-refractivity contribution in [3.05, 3.63) is 112 Å². The molecule has 0 bridgehead atoms. The van der Waals surface area contributed by atoms with Crippen LogP contribution in [0.25, 0.3) is 0 Å². The monoisotopic (exact) mass is 1100 g/mol. The van der Waals surface area contributed by atoms with E-state index in [4.69, 9.17) is 31.2 Å². The molecule has 24 nitrogen and oxygen atoms in total. The topological polar surface area (TPSA) is 349 Å². The molecule has 4 aromatic rings. The summed E-state index contributed by atoms with van der Waals surface area (Å²) < 4.78 is 138. The fourth-order valence-corrected chi connectivity index (χ4v) is 8.69. The van der Waals surface area contributed by atoms with Crippen molar-refractivity contribution in [3.63, 3.8) is 0 Å². The number of nitrogen functional groups attached to an aromatic ring is 2. The van der Waals surface area contributed by atoms with Gasteiger partial charge < -0.3 is 50.8 Å². The molecule has 0 unspecified atom stereocenters. The number of hydrogen-bond donors (Lipinski definition) is 8. The zero-order chi connectivity index (χ0) is 57.7. The Morgan fingerprint density at radius 3 is 1.05 bits per heavy atom. The summed E-state index contributed by atoms with van der Waals surface area (Å²) in [5, 5.41) is 36.8. The first kappa shape index (κ1) is 60.7. The van der Waals surface area contributed by atoms with Crippen LogP contribution in [-0.2, 0) is 18.9 Å². The maximum absolute atomic E-state index is 14.7. The number of anilines is 2. The van der Waals surface area contributed by atoms with Gasteiger partial charge in [-0.1, -0.05) is 27.7 Å². The largest absolute Gasteiger partial charge is 0.390 e. The average molecular weight is 1100 g/mol. The molecule has 0 aliphatic carbocycles. The van der Waals surface area contributed by atoms with Crippen molar-refractivity contribution >= 4 is 11.6 Å². The van der Waals surface area contributed by atoms with Crippen LogP contribution in [0.5, 0.6) is 0 Å². The Kier molecular flexibility index (Phi) is 17.0. The predicted octanol–water partition coefficient (Wildman–Crippen LogP) is 1.21. The van der Waals surface area contributed by atoms with Crippen LogP contribution in [0.15, 0.2) is 77.8 Å². The number of ether oxygens (including phenoxy) is 4. The lowest BCUT2D eigenvalue weighted by Crippen LogP contribution is -2.47. The van der Waals surface area contributed by atoms with E-state index in [-0.39, 0.29) is 24.5 Å². The third kappa shape index (κ3) is 11.0. The van der Waals surface area contributed by atoms with Gasteiger partial charge in [-0.05, 0) is 39.8 Å². The fraction of sp³-hybridized carbons (Fsp3) is 0.636. The molecule has 0 radical (unpaired) electrons. The highest BCUT2D eigenvalue weighted by molar-refractivity contribution is 5.25. The predicted molar refractivity (Wildman–Crippen MR) is 247 cm³/mol. The number of alkyl halides is 8. The minimum Gasteiger partial charge on any atom is -0.390 e. The van der Waals surface area contributed by atoms with E-state index in [0.717, 1.165) is 53.7 Å². The number of hydrogen-bond acceptors (Lipinski definition) is 18. The van der Waals surface area contributed by atoms with Crippen LogP contribution in [0.3, 0.4) is 0 Å². The van der Waals surface area contributed by atoms with Crippen molar-refractivity contribution in [2.24, 2.45) is 11.8 Å². The summed E-state index contributed by atoms with van der Waals surface area (Å²) in [6, 6.07) is 4.53. The first-order valence-electron chi connectivity index (χ1n) is 23.0. The van der Waals surface area contributed by atoms with E-state index in [2.05, 4.69) is 19.4 Å². The number of aromatic amines is 2. The van der Waals surface area contributed by atoms with Crippen LogP contribution in [0.2, 0.25) is 0 Å². The molecule has 10 N–H and O–H groups in total. The second-order valence-corrected chi connectivity index (χ2v) is 19.0. The van der Waals surface area contributed by atoms with E-state index in [0.29, 0.717) is 9.13 Å². The van der Waals surface area contributed by atoms with Crippen molar-refractivity contribution in [1.29, 1.82) is 0 Å². The van der Waals surface area contributed by atoms with E-state index in [1.165, 1.54) is 46.0 Å². The first-order valence-corrected chi connectivity index (χ1v) is 23.0. The number of rotatable bonds is 8. The summed E-state index contributed by atoms with van der Waals surface area (Å²) in [4.78, 5) is 79.1. The molecule has 4 saturated heterocycles. The van der Waals surface area contributed by atoms with Gasteiger partial charge in [-0.3, -0.25) is 37.8 Å². The number of halogens is 8. The Hall–Kier alpha value is -6.16. The van der Waals surface area contributed by atoms with Gasteiger partial charge in [0.25, 0.3) is 22.8 Å². The first-order chi connectivity index (χ1) is 34.9. The number of nitrogens with two attached hydrogens (primary N) is 2. The Labute approximate surface area is 423 Å². The van der Waals surface area contributed by atoms with E-state index >= 15 is 0 Å². The lowest BCUT2D eigenvalue weighted by molar-refractivity contribution is -0.207. The molecule has 4 aliphatic rings. The molecule has 8 heterocycles. The summed E-state index contributed by atoms with van der Waals surface area (Å²) in [6.45, 7) is 7.53. The van der Waals surface area contributed by atoms with Crippen LogP contribution in [0.4, 0.5) is 46.8 Å². The van der Waals surface area contributed by atoms with Crippen molar-refractivity contribution in [3.8, 4) is 0 Å². The van der Waals surface area contributed by atoms with E-state index in [9.17, 15) is 74.1 Å². The summed E-state index contributed by atoms with van der Waals surface area (Å²) in [5.74, 6) is -12.4. The van der Waals surface area contributed by atoms with Crippen LogP contribution in [0.1, 0.15) is 93.1 Å². The highest BCUT2D eigenvalue weighted by atomic mass is 19.2. The van der Waals surface area contributed by atoms with Gasteiger partial charge in [0.1, 0.15) is 24.8 Å². The second kappa shape index (κ2) is 21.3. The molecule has 0 saturated carbocycles. The normalized spacial score (nSPS) is 38.6. The summed E-state index contributed by atoms with van der Waals surface area (Å²) in [7, 11) is 0. The second-order valence-electron chi connectivity index (χ2n) is 19.0. The highest BCUT2D eigenvalue weighted by Gasteiger charge is 2.66.